The normalized spacial score (nSPS) is 15.0. The molecule has 0 fully saturated rings. The quantitative estimate of drug-likeness (QED) is 0.939. The lowest BCUT2D eigenvalue weighted by Gasteiger charge is -2.23. The van der Waals surface area contributed by atoms with E-state index in [1.807, 2.05) is 12.3 Å². The van der Waals surface area contributed by atoms with Crippen LogP contribution in [0.4, 0.5) is 5.13 Å². The molecule has 0 bridgehead atoms. The van der Waals surface area contributed by atoms with Crippen LogP contribution >= 0.6 is 22.7 Å². The predicted octanol–water partition coefficient (Wildman–Crippen LogP) is 2.47. The standard InChI is InChI=1S/C14H18N4OS2/c1-3-18-5-4-11-12(7-18)21-14(16-11)17-13(19)6-10-8-20-9(2)15-10/h8H,3-7H2,1-2H3,(H,16,17,19). The van der Waals surface area contributed by atoms with Crippen molar-refractivity contribution < 1.29 is 4.79 Å². The van der Waals surface area contributed by atoms with Gasteiger partial charge in [0.25, 0.3) is 0 Å². The van der Waals surface area contributed by atoms with Crippen molar-refractivity contribution in [2.45, 2.75) is 33.2 Å². The molecule has 0 atom stereocenters. The first-order valence-corrected chi connectivity index (χ1v) is 8.75. The molecule has 3 heterocycles. The first-order valence-electron chi connectivity index (χ1n) is 7.06. The van der Waals surface area contributed by atoms with Gasteiger partial charge in [0.05, 0.1) is 22.8 Å². The minimum Gasteiger partial charge on any atom is -0.302 e. The van der Waals surface area contributed by atoms with Crippen LogP contribution in [0.1, 0.15) is 28.2 Å². The Labute approximate surface area is 132 Å². The van der Waals surface area contributed by atoms with Gasteiger partial charge in [-0.05, 0) is 13.5 Å². The average molecular weight is 322 g/mol. The summed E-state index contributed by atoms with van der Waals surface area (Å²) in [5.41, 5.74) is 1.97. The fourth-order valence-corrected chi connectivity index (χ4v) is 4.07. The molecule has 7 heteroatoms. The van der Waals surface area contributed by atoms with Crippen molar-refractivity contribution in [3.8, 4) is 0 Å². The van der Waals surface area contributed by atoms with E-state index in [1.54, 1.807) is 22.7 Å². The molecule has 1 N–H and O–H groups in total. The number of aromatic nitrogens is 2. The molecule has 5 nitrogen and oxygen atoms in total. The number of fused-ring (bicyclic) bond motifs is 1. The number of hydrogen-bond acceptors (Lipinski definition) is 6. The first kappa shape index (κ1) is 14.6. The number of hydrogen-bond donors (Lipinski definition) is 1. The summed E-state index contributed by atoms with van der Waals surface area (Å²) >= 11 is 3.16. The van der Waals surface area contributed by atoms with E-state index < -0.39 is 0 Å². The van der Waals surface area contributed by atoms with Gasteiger partial charge in [0.2, 0.25) is 5.91 Å². The molecule has 2 aromatic rings. The van der Waals surface area contributed by atoms with E-state index in [9.17, 15) is 4.79 Å². The molecule has 1 aliphatic rings. The average Bonchev–Trinajstić information content (AvgIpc) is 3.03. The van der Waals surface area contributed by atoms with Crippen LogP contribution < -0.4 is 5.32 Å². The van der Waals surface area contributed by atoms with Crippen molar-refractivity contribution in [2.24, 2.45) is 0 Å². The summed E-state index contributed by atoms with van der Waals surface area (Å²) < 4.78 is 0. The Bertz CT molecular complexity index is 649. The summed E-state index contributed by atoms with van der Waals surface area (Å²) in [6.07, 6.45) is 1.29. The van der Waals surface area contributed by atoms with E-state index >= 15 is 0 Å². The van der Waals surface area contributed by atoms with E-state index in [0.717, 1.165) is 47.6 Å². The highest BCUT2D eigenvalue weighted by Gasteiger charge is 2.20. The Balaban J connectivity index is 1.63. The monoisotopic (exact) mass is 322 g/mol. The Kier molecular flexibility index (Phi) is 4.32. The van der Waals surface area contributed by atoms with Gasteiger partial charge in [-0.25, -0.2) is 9.97 Å². The van der Waals surface area contributed by atoms with Crippen molar-refractivity contribution in [2.75, 3.05) is 18.4 Å². The number of likely N-dealkylation sites (N-methyl/N-ethyl adjacent to an activating group) is 1. The zero-order chi connectivity index (χ0) is 14.8. The molecule has 1 amide bonds. The number of amides is 1. The maximum Gasteiger partial charge on any atom is 0.232 e. The number of rotatable bonds is 4. The lowest BCUT2D eigenvalue weighted by atomic mass is 10.2. The SMILES string of the molecule is CCN1CCc2nc(NC(=O)Cc3csc(C)n3)sc2C1. The van der Waals surface area contributed by atoms with E-state index in [1.165, 1.54) is 4.88 Å². The Morgan fingerprint density at radius 1 is 1.48 bits per heavy atom. The second-order valence-corrected chi connectivity index (χ2v) is 7.24. The molecular weight excluding hydrogens is 304 g/mol. The van der Waals surface area contributed by atoms with Gasteiger partial charge in [-0.15, -0.1) is 22.7 Å². The topological polar surface area (TPSA) is 58.1 Å². The molecule has 0 saturated heterocycles. The van der Waals surface area contributed by atoms with Crippen LogP contribution in [0, 0.1) is 6.92 Å². The minimum absolute atomic E-state index is 0.0428. The second-order valence-electron chi connectivity index (χ2n) is 5.09. The lowest BCUT2D eigenvalue weighted by Crippen LogP contribution is -2.29. The Morgan fingerprint density at radius 3 is 3.05 bits per heavy atom. The third-order valence-electron chi connectivity index (χ3n) is 3.51. The zero-order valence-corrected chi connectivity index (χ0v) is 13.8. The lowest BCUT2D eigenvalue weighted by molar-refractivity contribution is -0.115. The largest absolute Gasteiger partial charge is 0.302 e. The smallest absolute Gasteiger partial charge is 0.232 e. The molecule has 3 rings (SSSR count). The molecular formula is C14H18N4OS2. The van der Waals surface area contributed by atoms with Gasteiger partial charge in [-0.2, -0.15) is 0 Å². The summed E-state index contributed by atoms with van der Waals surface area (Å²) in [4.78, 5) is 24.6. The van der Waals surface area contributed by atoms with Crippen LogP contribution in [-0.2, 0) is 24.2 Å². The van der Waals surface area contributed by atoms with Crippen molar-refractivity contribution in [1.29, 1.82) is 0 Å². The van der Waals surface area contributed by atoms with Gasteiger partial charge in [-0.3, -0.25) is 9.69 Å². The maximum atomic E-state index is 12.0. The number of carbonyl (C=O) groups excluding carboxylic acids is 1. The Morgan fingerprint density at radius 2 is 2.33 bits per heavy atom. The molecule has 0 spiro atoms. The van der Waals surface area contributed by atoms with Crippen molar-refractivity contribution >= 4 is 33.7 Å². The van der Waals surface area contributed by atoms with Crippen LogP contribution in [0.5, 0.6) is 0 Å². The van der Waals surface area contributed by atoms with Gasteiger partial charge in [0, 0.05) is 29.8 Å². The van der Waals surface area contributed by atoms with E-state index in [2.05, 4.69) is 27.1 Å². The molecule has 0 aliphatic carbocycles. The number of carbonyl (C=O) groups is 1. The van der Waals surface area contributed by atoms with Crippen LogP contribution in [0.25, 0.3) is 0 Å². The number of thiazole rings is 2. The maximum absolute atomic E-state index is 12.0. The molecule has 0 aromatic carbocycles. The number of aryl methyl sites for hydroxylation is 1. The summed E-state index contributed by atoms with van der Waals surface area (Å²) in [6, 6.07) is 0. The third-order valence-corrected chi connectivity index (χ3v) is 5.33. The van der Waals surface area contributed by atoms with Gasteiger partial charge in [0.1, 0.15) is 0 Å². The zero-order valence-electron chi connectivity index (χ0n) is 12.2. The highest BCUT2D eigenvalue weighted by molar-refractivity contribution is 7.15. The van der Waals surface area contributed by atoms with Crippen LogP contribution in [-0.4, -0.2) is 33.9 Å². The molecule has 1 aliphatic heterocycles. The number of anilines is 1. The van der Waals surface area contributed by atoms with Crippen molar-refractivity contribution in [1.82, 2.24) is 14.9 Å². The summed E-state index contributed by atoms with van der Waals surface area (Å²) in [5, 5.41) is 6.54. The highest BCUT2D eigenvalue weighted by Crippen LogP contribution is 2.28. The minimum atomic E-state index is -0.0428. The van der Waals surface area contributed by atoms with Crippen LogP contribution in [0.3, 0.4) is 0 Å². The van der Waals surface area contributed by atoms with Crippen LogP contribution in [0.2, 0.25) is 0 Å². The van der Waals surface area contributed by atoms with Gasteiger partial charge in [0.15, 0.2) is 5.13 Å². The van der Waals surface area contributed by atoms with Gasteiger partial charge >= 0.3 is 0 Å². The number of nitrogens with zero attached hydrogens (tertiary/aromatic N) is 3. The molecule has 0 radical (unpaired) electrons. The summed E-state index contributed by atoms with van der Waals surface area (Å²) in [6.45, 7) is 7.18. The fraction of sp³-hybridized carbons (Fsp3) is 0.500. The molecule has 0 unspecified atom stereocenters. The molecule has 112 valence electrons. The van der Waals surface area contributed by atoms with E-state index in [-0.39, 0.29) is 5.91 Å². The highest BCUT2D eigenvalue weighted by atomic mass is 32.1. The summed E-state index contributed by atoms with van der Waals surface area (Å²) in [5.74, 6) is -0.0428. The summed E-state index contributed by atoms with van der Waals surface area (Å²) in [7, 11) is 0. The van der Waals surface area contributed by atoms with Crippen molar-refractivity contribution in [3.05, 3.63) is 26.7 Å². The molecule has 21 heavy (non-hydrogen) atoms. The van der Waals surface area contributed by atoms with Gasteiger partial charge in [-0.1, -0.05) is 6.92 Å². The predicted molar refractivity (Wildman–Crippen MR) is 86.0 cm³/mol. The Hall–Kier alpha value is -1.31. The van der Waals surface area contributed by atoms with E-state index in [4.69, 9.17) is 0 Å². The molecule has 2 aromatic heterocycles. The second kappa shape index (κ2) is 6.21. The van der Waals surface area contributed by atoms with E-state index in [0.29, 0.717) is 6.42 Å². The van der Waals surface area contributed by atoms with Crippen LogP contribution in [0.15, 0.2) is 5.38 Å². The van der Waals surface area contributed by atoms with Crippen molar-refractivity contribution in [3.63, 3.8) is 0 Å². The first-order chi connectivity index (χ1) is 10.1. The molecule has 0 saturated carbocycles. The third kappa shape index (κ3) is 3.48. The van der Waals surface area contributed by atoms with Gasteiger partial charge < -0.3 is 5.32 Å². The number of nitrogens with one attached hydrogen (secondary N) is 1. The fourth-order valence-electron chi connectivity index (χ4n) is 2.39.